The molecule has 2 amide bonds. The van der Waals surface area contributed by atoms with E-state index in [2.05, 4.69) is 10.9 Å². The Hall–Kier alpha value is -2.44. The number of carbonyl (C=O) groups is 3. The summed E-state index contributed by atoms with van der Waals surface area (Å²) < 4.78 is 18.3. The van der Waals surface area contributed by atoms with Crippen LogP contribution in [0.1, 0.15) is 44.0 Å². The maximum absolute atomic E-state index is 12.9. The third-order valence-electron chi connectivity index (χ3n) is 5.85. The second kappa shape index (κ2) is 5.03. The summed E-state index contributed by atoms with van der Waals surface area (Å²) in [4.78, 5) is 36.8. The number of hydrazine groups is 1. The second-order valence-electron chi connectivity index (χ2n) is 7.09. The van der Waals surface area contributed by atoms with Crippen molar-refractivity contribution in [3.05, 3.63) is 35.6 Å². The van der Waals surface area contributed by atoms with E-state index in [4.69, 9.17) is 4.74 Å². The van der Waals surface area contributed by atoms with Crippen LogP contribution >= 0.6 is 0 Å². The summed E-state index contributed by atoms with van der Waals surface area (Å²) in [6.07, 6.45) is 0.957. The molecule has 1 heterocycles. The fourth-order valence-corrected chi connectivity index (χ4v) is 3.64. The Balaban J connectivity index is 1.73. The molecule has 24 heavy (non-hydrogen) atoms. The minimum atomic E-state index is -1.30. The summed E-state index contributed by atoms with van der Waals surface area (Å²) in [5.41, 5.74) is 2.12. The molecule has 128 valence electrons. The van der Waals surface area contributed by atoms with Gasteiger partial charge in [0.15, 0.2) is 5.60 Å². The molecule has 2 aliphatic rings. The van der Waals surface area contributed by atoms with Crippen LogP contribution < -0.4 is 10.9 Å². The van der Waals surface area contributed by atoms with Crippen LogP contribution in [0, 0.1) is 16.6 Å². The van der Waals surface area contributed by atoms with E-state index < -0.39 is 40.0 Å². The summed E-state index contributed by atoms with van der Waals surface area (Å²) in [5.74, 6) is -1.99. The second-order valence-corrected chi connectivity index (χ2v) is 7.09. The number of carbonyl (C=O) groups excluding carboxylic acids is 3. The molecule has 2 bridgehead atoms. The number of fused-ring (bicyclic) bond motifs is 2. The highest BCUT2D eigenvalue weighted by molar-refractivity contribution is 5.99. The highest BCUT2D eigenvalue weighted by Gasteiger charge is 2.75. The molecular formula is C17H19FN2O4. The highest BCUT2D eigenvalue weighted by atomic mass is 19.1. The Labute approximate surface area is 138 Å². The van der Waals surface area contributed by atoms with Gasteiger partial charge in [0.25, 0.3) is 11.8 Å². The van der Waals surface area contributed by atoms with Gasteiger partial charge in [-0.1, -0.05) is 13.8 Å². The first kappa shape index (κ1) is 16.4. The van der Waals surface area contributed by atoms with Crippen LogP contribution in [0.3, 0.4) is 0 Å². The lowest BCUT2D eigenvalue weighted by Crippen LogP contribution is -2.57. The van der Waals surface area contributed by atoms with Crippen molar-refractivity contribution >= 4 is 17.8 Å². The van der Waals surface area contributed by atoms with Gasteiger partial charge in [-0.25, -0.2) is 4.39 Å². The summed E-state index contributed by atoms with van der Waals surface area (Å²) >= 11 is 0. The smallest absolute Gasteiger partial charge is 0.313 e. The molecule has 1 aliphatic heterocycles. The monoisotopic (exact) mass is 334 g/mol. The number of ether oxygens (including phenoxy) is 1. The molecule has 1 aliphatic carbocycles. The van der Waals surface area contributed by atoms with Crippen molar-refractivity contribution in [3.8, 4) is 0 Å². The third-order valence-corrected chi connectivity index (χ3v) is 5.85. The Bertz CT molecular complexity index is 731. The van der Waals surface area contributed by atoms with E-state index in [1.807, 2.05) is 13.8 Å². The molecule has 7 heteroatoms. The number of amides is 2. The first-order chi connectivity index (χ1) is 11.1. The average molecular weight is 334 g/mol. The fraction of sp³-hybridized carbons (Fsp3) is 0.471. The van der Waals surface area contributed by atoms with E-state index >= 15 is 0 Å². The van der Waals surface area contributed by atoms with Crippen LogP contribution in [0.5, 0.6) is 0 Å². The van der Waals surface area contributed by atoms with Crippen molar-refractivity contribution in [3.63, 3.8) is 0 Å². The normalized spacial score (nSPS) is 29.9. The van der Waals surface area contributed by atoms with Crippen molar-refractivity contribution in [2.45, 2.75) is 39.2 Å². The first-order valence-electron chi connectivity index (χ1n) is 7.74. The van der Waals surface area contributed by atoms with Crippen molar-refractivity contribution in [2.75, 3.05) is 0 Å². The van der Waals surface area contributed by atoms with Crippen molar-refractivity contribution < 1.29 is 23.5 Å². The zero-order valence-corrected chi connectivity index (χ0v) is 13.7. The molecule has 1 saturated carbocycles. The Kier molecular flexibility index (Phi) is 3.44. The zero-order valence-electron chi connectivity index (χ0n) is 13.7. The summed E-state index contributed by atoms with van der Waals surface area (Å²) in [6, 6.07) is 4.92. The van der Waals surface area contributed by atoms with Crippen LogP contribution in [-0.2, 0) is 14.3 Å². The van der Waals surface area contributed by atoms with Gasteiger partial charge < -0.3 is 4.74 Å². The van der Waals surface area contributed by atoms with Crippen LogP contribution in [0.15, 0.2) is 24.3 Å². The maximum atomic E-state index is 12.9. The van der Waals surface area contributed by atoms with Gasteiger partial charge in [-0.3, -0.25) is 25.2 Å². The van der Waals surface area contributed by atoms with Gasteiger partial charge in [0.2, 0.25) is 0 Å². The van der Waals surface area contributed by atoms with Crippen LogP contribution in [0.4, 0.5) is 4.39 Å². The van der Waals surface area contributed by atoms with Gasteiger partial charge in [0.1, 0.15) is 5.82 Å². The summed E-state index contributed by atoms with van der Waals surface area (Å²) in [5, 5.41) is 0. The standard InChI is InChI=1S/C17H19FN2O4/c1-15(2)16(3)8-9-17(15,24-14(16)23)13(22)20-19-12(21)10-4-6-11(18)7-5-10/h4-7H,8-9H2,1-3H3,(H,19,21)(H,20,22)/t16-,17+/m1/s1. The molecule has 0 radical (unpaired) electrons. The molecule has 6 nitrogen and oxygen atoms in total. The first-order valence-corrected chi connectivity index (χ1v) is 7.74. The molecule has 0 aromatic heterocycles. The number of hydrogen-bond donors (Lipinski definition) is 2. The molecule has 2 atom stereocenters. The molecule has 1 aromatic carbocycles. The van der Waals surface area contributed by atoms with Crippen LogP contribution in [0.2, 0.25) is 0 Å². The number of hydrogen-bond acceptors (Lipinski definition) is 4. The number of rotatable bonds is 2. The predicted molar refractivity (Wildman–Crippen MR) is 82.0 cm³/mol. The SMILES string of the molecule is CC1(C)[C@@]2(C(=O)NNC(=O)c3ccc(F)cc3)CC[C@]1(C)C(=O)O2. The highest BCUT2D eigenvalue weighted by Crippen LogP contribution is 2.65. The minimum Gasteiger partial charge on any atom is -0.448 e. The number of benzene rings is 1. The third kappa shape index (κ3) is 1.96. The maximum Gasteiger partial charge on any atom is 0.313 e. The van der Waals surface area contributed by atoms with Crippen molar-refractivity contribution in [1.29, 1.82) is 0 Å². The number of nitrogens with one attached hydrogen (secondary N) is 2. The lowest BCUT2D eigenvalue weighted by atomic mass is 9.66. The van der Waals surface area contributed by atoms with Gasteiger partial charge >= 0.3 is 5.97 Å². The minimum absolute atomic E-state index is 0.202. The molecule has 0 unspecified atom stereocenters. The van der Waals surface area contributed by atoms with E-state index in [0.717, 1.165) is 12.1 Å². The summed E-state index contributed by atoms with van der Waals surface area (Å²) in [7, 11) is 0. The lowest BCUT2D eigenvalue weighted by Gasteiger charge is -2.35. The number of esters is 1. The fourth-order valence-electron chi connectivity index (χ4n) is 3.64. The molecule has 1 saturated heterocycles. The van der Waals surface area contributed by atoms with Gasteiger partial charge in [0.05, 0.1) is 5.41 Å². The zero-order chi connectivity index (χ0) is 17.8. The number of halogens is 1. The Morgan fingerprint density at radius 2 is 1.71 bits per heavy atom. The molecule has 2 N–H and O–H groups in total. The van der Waals surface area contributed by atoms with Gasteiger partial charge in [-0.05, 0) is 44.0 Å². The van der Waals surface area contributed by atoms with Crippen LogP contribution in [0.25, 0.3) is 0 Å². The Morgan fingerprint density at radius 1 is 1.08 bits per heavy atom. The van der Waals surface area contributed by atoms with Crippen molar-refractivity contribution in [1.82, 2.24) is 10.9 Å². The van der Waals surface area contributed by atoms with Crippen LogP contribution in [-0.4, -0.2) is 23.4 Å². The largest absolute Gasteiger partial charge is 0.448 e. The molecule has 0 spiro atoms. The molecule has 1 aromatic rings. The van der Waals surface area contributed by atoms with Crippen molar-refractivity contribution in [2.24, 2.45) is 10.8 Å². The van der Waals surface area contributed by atoms with Gasteiger partial charge in [0, 0.05) is 11.0 Å². The lowest BCUT2D eigenvalue weighted by molar-refractivity contribution is -0.168. The molecule has 2 fully saturated rings. The van der Waals surface area contributed by atoms with E-state index in [9.17, 15) is 18.8 Å². The quantitative estimate of drug-likeness (QED) is 0.637. The summed E-state index contributed by atoms with van der Waals surface area (Å²) in [6.45, 7) is 5.45. The predicted octanol–water partition coefficient (Wildman–Crippen LogP) is 1.71. The van der Waals surface area contributed by atoms with E-state index in [-0.39, 0.29) is 5.56 Å². The van der Waals surface area contributed by atoms with Gasteiger partial charge in [-0.2, -0.15) is 0 Å². The topological polar surface area (TPSA) is 84.5 Å². The Morgan fingerprint density at radius 3 is 2.21 bits per heavy atom. The molecular weight excluding hydrogens is 315 g/mol. The van der Waals surface area contributed by atoms with E-state index in [0.29, 0.717) is 12.8 Å². The van der Waals surface area contributed by atoms with Gasteiger partial charge in [-0.15, -0.1) is 0 Å². The molecule has 3 rings (SSSR count). The van der Waals surface area contributed by atoms with E-state index in [1.165, 1.54) is 12.1 Å². The van der Waals surface area contributed by atoms with E-state index in [1.54, 1.807) is 6.92 Å². The average Bonchev–Trinajstić information content (AvgIpc) is 2.83.